The molecule has 2 atom stereocenters. The first-order chi connectivity index (χ1) is 9.92. The van der Waals surface area contributed by atoms with E-state index in [1.807, 2.05) is 0 Å². The highest BCUT2D eigenvalue weighted by Crippen LogP contribution is 2.22. The molecule has 3 rings (SSSR count). The van der Waals surface area contributed by atoms with Crippen LogP contribution in [-0.4, -0.2) is 61.3 Å². The first kappa shape index (κ1) is 14.8. The lowest BCUT2D eigenvalue weighted by atomic mass is 10.0. The van der Waals surface area contributed by atoms with Crippen LogP contribution < -0.4 is 0 Å². The minimum absolute atomic E-state index is 0.520. The van der Waals surface area contributed by atoms with E-state index >= 15 is 0 Å². The van der Waals surface area contributed by atoms with E-state index in [4.69, 9.17) is 4.74 Å². The highest BCUT2D eigenvalue weighted by Gasteiger charge is 2.27. The highest BCUT2D eigenvalue weighted by molar-refractivity contribution is 4.83. The molecule has 20 heavy (non-hydrogen) atoms. The normalized spacial score (nSPS) is 34.8. The molecule has 0 bridgehead atoms. The van der Waals surface area contributed by atoms with Crippen molar-refractivity contribution in [2.45, 2.75) is 69.9 Å². The molecule has 0 aromatic carbocycles. The zero-order chi connectivity index (χ0) is 13.6. The molecule has 0 aliphatic carbocycles. The zero-order valence-electron chi connectivity index (χ0n) is 13.1. The highest BCUT2D eigenvalue weighted by atomic mass is 16.5. The Morgan fingerprint density at radius 3 is 2.40 bits per heavy atom. The van der Waals surface area contributed by atoms with Gasteiger partial charge in [-0.25, -0.2) is 0 Å². The summed E-state index contributed by atoms with van der Waals surface area (Å²) >= 11 is 0. The Morgan fingerprint density at radius 2 is 1.65 bits per heavy atom. The Hall–Kier alpha value is -0.120. The summed E-state index contributed by atoms with van der Waals surface area (Å²) in [5.41, 5.74) is 0. The molecule has 0 aromatic heterocycles. The molecule has 3 heterocycles. The molecule has 0 amide bonds. The Morgan fingerprint density at radius 1 is 0.800 bits per heavy atom. The van der Waals surface area contributed by atoms with Gasteiger partial charge in [0, 0.05) is 25.7 Å². The van der Waals surface area contributed by atoms with Gasteiger partial charge in [-0.2, -0.15) is 0 Å². The summed E-state index contributed by atoms with van der Waals surface area (Å²) in [6.45, 7) is 7.46. The van der Waals surface area contributed by atoms with Crippen molar-refractivity contribution in [2.75, 3.05) is 39.3 Å². The predicted molar refractivity (Wildman–Crippen MR) is 83.1 cm³/mol. The number of piperidine rings is 1. The summed E-state index contributed by atoms with van der Waals surface area (Å²) in [5, 5.41) is 0. The molecule has 3 fully saturated rings. The van der Waals surface area contributed by atoms with Crippen LogP contribution in [0.15, 0.2) is 0 Å². The van der Waals surface area contributed by atoms with Gasteiger partial charge >= 0.3 is 0 Å². The summed E-state index contributed by atoms with van der Waals surface area (Å²) in [6, 6.07) is 0.824. The van der Waals surface area contributed by atoms with Gasteiger partial charge in [0.2, 0.25) is 0 Å². The molecule has 3 nitrogen and oxygen atoms in total. The SMILES string of the molecule is C1CCCN([C@@H]2CCCN(C[C@@H]3CCCCO3)C2)CC1. The lowest BCUT2D eigenvalue weighted by Crippen LogP contribution is -2.50. The fraction of sp³-hybridized carbons (Fsp3) is 1.00. The van der Waals surface area contributed by atoms with Crippen molar-refractivity contribution in [2.24, 2.45) is 0 Å². The lowest BCUT2D eigenvalue weighted by molar-refractivity contribution is -0.0167. The molecule has 3 aliphatic rings. The Bertz CT molecular complexity index is 270. The molecule has 0 spiro atoms. The maximum atomic E-state index is 5.93. The van der Waals surface area contributed by atoms with Crippen LogP contribution in [0, 0.1) is 0 Å². The molecule has 3 aliphatic heterocycles. The Kier molecular flexibility index (Phi) is 5.75. The van der Waals surface area contributed by atoms with E-state index in [-0.39, 0.29) is 0 Å². The number of hydrogen-bond acceptors (Lipinski definition) is 3. The number of rotatable bonds is 3. The van der Waals surface area contributed by atoms with E-state index in [0.717, 1.165) is 12.6 Å². The van der Waals surface area contributed by atoms with Gasteiger partial charge in [-0.3, -0.25) is 9.80 Å². The molecule has 116 valence electrons. The summed E-state index contributed by atoms with van der Waals surface area (Å²) in [6.07, 6.45) is 13.0. The Balaban J connectivity index is 1.47. The van der Waals surface area contributed by atoms with Crippen LogP contribution in [-0.2, 0) is 4.74 Å². The van der Waals surface area contributed by atoms with E-state index in [2.05, 4.69) is 9.80 Å². The molecule has 3 saturated heterocycles. The zero-order valence-corrected chi connectivity index (χ0v) is 13.1. The molecule has 3 heteroatoms. The smallest absolute Gasteiger partial charge is 0.0702 e. The average Bonchev–Trinajstić information content (AvgIpc) is 2.78. The van der Waals surface area contributed by atoms with Crippen molar-refractivity contribution in [1.82, 2.24) is 9.80 Å². The minimum Gasteiger partial charge on any atom is -0.377 e. The second kappa shape index (κ2) is 7.77. The van der Waals surface area contributed by atoms with Gasteiger partial charge < -0.3 is 4.74 Å². The Labute approximate surface area is 124 Å². The van der Waals surface area contributed by atoms with Crippen molar-refractivity contribution in [3.63, 3.8) is 0 Å². The van der Waals surface area contributed by atoms with Crippen molar-refractivity contribution in [3.05, 3.63) is 0 Å². The number of likely N-dealkylation sites (tertiary alicyclic amines) is 2. The predicted octanol–water partition coefficient (Wildman–Crippen LogP) is 2.90. The van der Waals surface area contributed by atoms with E-state index in [0.29, 0.717) is 6.10 Å². The van der Waals surface area contributed by atoms with Gasteiger partial charge in [0.1, 0.15) is 0 Å². The number of ether oxygens (including phenoxy) is 1. The molecular formula is C17H32N2O. The van der Waals surface area contributed by atoms with Gasteiger partial charge in [0.25, 0.3) is 0 Å². The van der Waals surface area contributed by atoms with E-state index in [1.165, 1.54) is 90.5 Å². The van der Waals surface area contributed by atoms with E-state index in [9.17, 15) is 0 Å². The minimum atomic E-state index is 0.520. The maximum Gasteiger partial charge on any atom is 0.0702 e. The summed E-state index contributed by atoms with van der Waals surface area (Å²) in [7, 11) is 0. The fourth-order valence-electron chi connectivity index (χ4n) is 4.19. The lowest BCUT2D eigenvalue weighted by Gasteiger charge is -2.40. The fourth-order valence-corrected chi connectivity index (χ4v) is 4.19. The van der Waals surface area contributed by atoms with Crippen molar-refractivity contribution in [3.8, 4) is 0 Å². The number of nitrogens with zero attached hydrogens (tertiary/aromatic N) is 2. The molecular weight excluding hydrogens is 248 g/mol. The first-order valence-corrected chi connectivity index (χ1v) is 9.00. The topological polar surface area (TPSA) is 15.7 Å². The third kappa shape index (κ3) is 4.19. The van der Waals surface area contributed by atoms with Crippen LogP contribution in [0.25, 0.3) is 0 Å². The summed E-state index contributed by atoms with van der Waals surface area (Å²) < 4.78 is 5.93. The molecule has 0 radical (unpaired) electrons. The van der Waals surface area contributed by atoms with E-state index < -0.39 is 0 Å². The van der Waals surface area contributed by atoms with Crippen LogP contribution in [0.3, 0.4) is 0 Å². The number of hydrogen-bond donors (Lipinski definition) is 0. The molecule has 0 saturated carbocycles. The summed E-state index contributed by atoms with van der Waals surface area (Å²) in [4.78, 5) is 5.48. The van der Waals surface area contributed by atoms with Crippen LogP contribution >= 0.6 is 0 Å². The quantitative estimate of drug-likeness (QED) is 0.790. The maximum absolute atomic E-state index is 5.93. The first-order valence-electron chi connectivity index (χ1n) is 9.00. The van der Waals surface area contributed by atoms with E-state index in [1.54, 1.807) is 0 Å². The summed E-state index contributed by atoms with van der Waals surface area (Å²) in [5.74, 6) is 0. The molecule has 0 aromatic rings. The third-order valence-electron chi connectivity index (χ3n) is 5.37. The van der Waals surface area contributed by atoms with Crippen molar-refractivity contribution < 1.29 is 4.74 Å². The van der Waals surface area contributed by atoms with Gasteiger partial charge in [0.15, 0.2) is 0 Å². The standard InChI is InChI=1S/C17H32N2O/c1-2-5-12-19(11-4-1)16-8-7-10-18(14-16)15-17-9-3-6-13-20-17/h16-17H,1-15H2/t16-,17+/m1/s1. The van der Waals surface area contributed by atoms with Crippen LogP contribution in [0.2, 0.25) is 0 Å². The van der Waals surface area contributed by atoms with Crippen LogP contribution in [0.5, 0.6) is 0 Å². The van der Waals surface area contributed by atoms with Crippen molar-refractivity contribution >= 4 is 0 Å². The van der Waals surface area contributed by atoms with Gasteiger partial charge in [-0.15, -0.1) is 0 Å². The van der Waals surface area contributed by atoms with Gasteiger partial charge in [0.05, 0.1) is 6.10 Å². The second-order valence-electron chi connectivity index (χ2n) is 6.99. The molecule has 0 unspecified atom stereocenters. The second-order valence-corrected chi connectivity index (χ2v) is 6.99. The van der Waals surface area contributed by atoms with Crippen LogP contribution in [0.1, 0.15) is 57.8 Å². The largest absolute Gasteiger partial charge is 0.377 e. The monoisotopic (exact) mass is 280 g/mol. The van der Waals surface area contributed by atoms with Gasteiger partial charge in [-0.05, 0) is 64.6 Å². The van der Waals surface area contributed by atoms with Gasteiger partial charge in [-0.1, -0.05) is 12.8 Å². The van der Waals surface area contributed by atoms with Crippen LogP contribution in [0.4, 0.5) is 0 Å². The third-order valence-corrected chi connectivity index (χ3v) is 5.37. The van der Waals surface area contributed by atoms with Crippen molar-refractivity contribution in [1.29, 1.82) is 0 Å². The average molecular weight is 280 g/mol. The molecule has 0 N–H and O–H groups in total.